The van der Waals surface area contributed by atoms with E-state index in [-0.39, 0.29) is 18.0 Å². The van der Waals surface area contributed by atoms with Gasteiger partial charge in [-0.15, -0.1) is 0 Å². The Bertz CT molecular complexity index is 543. The Morgan fingerprint density at radius 1 is 1.22 bits per heavy atom. The Morgan fingerprint density at radius 2 is 1.89 bits per heavy atom. The molecule has 0 atom stereocenters. The average molecular weight is 248 g/mol. The second-order valence-corrected chi connectivity index (χ2v) is 4.75. The van der Waals surface area contributed by atoms with Crippen LogP contribution in [0.2, 0.25) is 0 Å². The largest absolute Gasteiger partial charge is 0.507 e. The molecule has 0 unspecified atom stereocenters. The van der Waals surface area contributed by atoms with Gasteiger partial charge in [0, 0.05) is 24.0 Å². The fourth-order valence-corrected chi connectivity index (χ4v) is 2.71. The van der Waals surface area contributed by atoms with E-state index >= 15 is 0 Å². The van der Waals surface area contributed by atoms with E-state index in [1.54, 1.807) is 6.92 Å². The summed E-state index contributed by atoms with van der Waals surface area (Å²) in [5, 5.41) is 18.9. The van der Waals surface area contributed by atoms with Crippen LogP contribution in [-0.2, 0) is 17.6 Å². The van der Waals surface area contributed by atoms with Crippen molar-refractivity contribution in [3.05, 3.63) is 27.8 Å². The van der Waals surface area contributed by atoms with Crippen LogP contribution in [0, 0.1) is 13.8 Å². The molecule has 0 bridgehead atoms. The molecule has 0 aromatic heterocycles. The zero-order valence-corrected chi connectivity index (χ0v) is 10.5. The van der Waals surface area contributed by atoms with E-state index in [4.69, 9.17) is 5.11 Å². The summed E-state index contributed by atoms with van der Waals surface area (Å²) in [5.74, 6) is -0.725. The van der Waals surface area contributed by atoms with Gasteiger partial charge in [0.2, 0.25) is 0 Å². The molecule has 0 fully saturated rings. The van der Waals surface area contributed by atoms with Gasteiger partial charge in [-0.25, -0.2) is 0 Å². The van der Waals surface area contributed by atoms with Crippen LogP contribution < -0.4 is 0 Å². The first-order valence-electron chi connectivity index (χ1n) is 6.02. The molecule has 2 N–H and O–H groups in total. The normalized spacial score (nSPS) is 13.8. The van der Waals surface area contributed by atoms with Crippen LogP contribution in [0.1, 0.15) is 45.5 Å². The van der Waals surface area contributed by atoms with Crippen molar-refractivity contribution in [1.29, 1.82) is 0 Å². The molecule has 18 heavy (non-hydrogen) atoms. The van der Waals surface area contributed by atoms with Crippen LogP contribution in [-0.4, -0.2) is 22.0 Å². The summed E-state index contributed by atoms with van der Waals surface area (Å²) in [6.45, 7) is 3.58. The lowest BCUT2D eigenvalue weighted by Crippen LogP contribution is -2.05. The van der Waals surface area contributed by atoms with E-state index in [2.05, 4.69) is 0 Å². The lowest BCUT2D eigenvalue weighted by atomic mass is 9.91. The van der Waals surface area contributed by atoms with Crippen molar-refractivity contribution in [2.24, 2.45) is 0 Å². The van der Waals surface area contributed by atoms with Gasteiger partial charge in [-0.05, 0) is 43.4 Å². The summed E-state index contributed by atoms with van der Waals surface area (Å²) >= 11 is 0. The molecule has 4 heteroatoms. The molecule has 1 aromatic carbocycles. The number of benzene rings is 1. The first-order chi connectivity index (χ1) is 8.43. The van der Waals surface area contributed by atoms with Crippen molar-refractivity contribution in [2.75, 3.05) is 0 Å². The Morgan fingerprint density at radius 3 is 2.50 bits per heavy atom. The Hall–Kier alpha value is -1.84. The molecule has 2 rings (SSSR count). The van der Waals surface area contributed by atoms with Gasteiger partial charge in [0.1, 0.15) is 5.75 Å². The van der Waals surface area contributed by atoms with Crippen molar-refractivity contribution in [1.82, 2.24) is 0 Å². The number of aliphatic carboxylic acids is 1. The predicted octanol–water partition coefficient (Wildman–Crippen LogP) is 2.16. The van der Waals surface area contributed by atoms with Gasteiger partial charge < -0.3 is 10.2 Å². The fourth-order valence-electron chi connectivity index (χ4n) is 2.71. The maximum absolute atomic E-state index is 11.8. The molecule has 1 aromatic rings. The van der Waals surface area contributed by atoms with Gasteiger partial charge in [0.15, 0.2) is 5.78 Å². The predicted molar refractivity (Wildman–Crippen MR) is 66.2 cm³/mol. The van der Waals surface area contributed by atoms with Gasteiger partial charge >= 0.3 is 5.97 Å². The monoisotopic (exact) mass is 248 g/mol. The third kappa shape index (κ3) is 1.88. The number of fused-ring (bicyclic) bond motifs is 1. The summed E-state index contributed by atoms with van der Waals surface area (Å²) in [6.07, 6.45) is 1.47. The van der Waals surface area contributed by atoms with Gasteiger partial charge in [-0.2, -0.15) is 0 Å². The van der Waals surface area contributed by atoms with Crippen LogP contribution in [0.3, 0.4) is 0 Å². The number of hydrogen-bond acceptors (Lipinski definition) is 3. The standard InChI is InChI=1S/C14H16O4/c1-7-9-3-5-11(15)13(9)8(2)14(18)10(7)4-6-12(16)17/h18H,3-6H2,1-2H3,(H,16,17). The minimum Gasteiger partial charge on any atom is -0.507 e. The number of carboxylic acid groups (broad SMARTS) is 1. The minimum atomic E-state index is -0.886. The van der Waals surface area contributed by atoms with Gasteiger partial charge in [0.25, 0.3) is 0 Å². The summed E-state index contributed by atoms with van der Waals surface area (Å²) in [6, 6.07) is 0. The smallest absolute Gasteiger partial charge is 0.303 e. The third-order valence-corrected chi connectivity index (χ3v) is 3.69. The number of carboxylic acids is 1. The van der Waals surface area contributed by atoms with E-state index in [1.165, 1.54) is 0 Å². The first kappa shape index (κ1) is 12.6. The van der Waals surface area contributed by atoms with Crippen molar-refractivity contribution in [3.63, 3.8) is 0 Å². The molecule has 0 saturated carbocycles. The van der Waals surface area contributed by atoms with Gasteiger partial charge in [-0.3, -0.25) is 9.59 Å². The zero-order chi connectivity index (χ0) is 13.4. The van der Waals surface area contributed by atoms with E-state index in [0.717, 1.165) is 11.1 Å². The molecule has 0 spiro atoms. The van der Waals surface area contributed by atoms with E-state index in [0.29, 0.717) is 36.0 Å². The number of phenols is 1. The molecule has 4 nitrogen and oxygen atoms in total. The van der Waals surface area contributed by atoms with Crippen molar-refractivity contribution in [3.8, 4) is 5.75 Å². The molecular formula is C14H16O4. The molecule has 1 aliphatic carbocycles. The second-order valence-electron chi connectivity index (χ2n) is 4.75. The number of carbonyl (C=O) groups excluding carboxylic acids is 1. The zero-order valence-electron chi connectivity index (χ0n) is 10.5. The molecular weight excluding hydrogens is 232 g/mol. The van der Waals surface area contributed by atoms with Crippen LogP contribution in [0.25, 0.3) is 0 Å². The maximum atomic E-state index is 11.8. The molecule has 0 radical (unpaired) electrons. The highest BCUT2D eigenvalue weighted by Crippen LogP contribution is 2.37. The number of phenolic OH excluding ortho intramolecular Hbond substituents is 1. The Balaban J connectivity index is 2.53. The number of hydrogen-bond donors (Lipinski definition) is 2. The molecule has 0 amide bonds. The SMILES string of the molecule is Cc1c(CCC(=O)O)c(O)c(C)c2c1CCC2=O. The topological polar surface area (TPSA) is 74.6 Å². The quantitative estimate of drug-likeness (QED) is 0.859. The Kier molecular flexibility index (Phi) is 3.11. The Labute approximate surface area is 105 Å². The lowest BCUT2D eigenvalue weighted by Gasteiger charge is -2.15. The maximum Gasteiger partial charge on any atom is 0.303 e. The fraction of sp³-hybridized carbons (Fsp3) is 0.429. The summed E-state index contributed by atoms with van der Waals surface area (Å²) in [5.41, 5.74) is 3.77. The van der Waals surface area contributed by atoms with Crippen LogP contribution in [0.5, 0.6) is 5.75 Å². The molecule has 96 valence electrons. The van der Waals surface area contributed by atoms with Crippen molar-refractivity contribution < 1.29 is 19.8 Å². The summed E-state index contributed by atoms with van der Waals surface area (Å²) in [4.78, 5) is 22.4. The number of rotatable bonds is 3. The van der Waals surface area contributed by atoms with Crippen LogP contribution >= 0.6 is 0 Å². The number of ketones is 1. The van der Waals surface area contributed by atoms with Crippen LogP contribution in [0.15, 0.2) is 0 Å². The molecule has 0 saturated heterocycles. The number of aromatic hydroxyl groups is 1. The molecule has 1 aliphatic rings. The highest BCUT2D eigenvalue weighted by atomic mass is 16.4. The van der Waals surface area contributed by atoms with E-state index in [9.17, 15) is 14.7 Å². The van der Waals surface area contributed by atoms with Gasteiger partial charge in [0.05, 0.1) is 0 Å². The van der Waals surface area contributed by atoms with Crippen molar-refractivity contribution >= 4 is 11.8 Å². The second kappa shape index (κ2) is 4.44. The van der Waals surface area contributed by atoms with E-state index < -0.39 is 5.97 Å². The van der Waals surface area contributed by atoms with E-state index in [1.807, 2.05) is 6.92 Å². The van der Waals surface area contributed by atoms with Crippen molar-refractivity contribution in [2.45, 2.75) is 39.5 Å². The third-order valence-electron chi connectivity index (χ3n) is 3.69. The van der Waals surface area contributed by atoms with Gasteiger partial charge in [-0.1, -0.05) is 0 Å². The number of carbonyl (C=O) groups is 2. The number of Topliss-reactive ketones (excluding diaryl/α,β-unsaturated/α-hetero) is 1. The molecule has 0 aliphatic heterocycles. The molecule has 0 heterocycles. The average Bonchev–Trinajstić information content (AvgIpc) is 2.68. The minimum absolute atomic E-state index is 0.0133. The lowest BCUT2D eigenvalue weighted by molar-refractivity contribution is -0.136. The van der Waals surface area contributed by atoms with Crippen LogP contribution in [0.4, 0.5) is 0 Å². The highest BCUT2D eigenvalue weighted by molar-refractivity contribution is 6.03. The summed E-state index contributed by atoms with van der Waals surface area (Å²) in [7, 11) is 0. The highest BCUT2D eigenvalue weighted by Gasteiger charge is 2.27. The first-order valence-corrected chi connectivity index (χ1v) is 6.02. The summed E-state index contributed by atoms with van der Waals surface area (Å²) < 4.78 is 0.